The van der Waals surface area contributed by atoms with Gasteiger partial charge in [-0.25, -0.2) is 0 Å². The van der Waals surface area contributed by atoms with E-state index in [1.807, 2.05) is 65.0 Å². The van der Waals surface area contributed by atoms with Crippen molar-refractivity contribution in [3.05, 3.63) is 71.4 Å². The third-order valence-electron chi connectivity index (χ3n) is 3.58. The third-order valence-corrected chi connectivity index (χ3v) is 3.58. The number of amides is 2. The number of ether oxygens (including phenoxy) is 1. The number of rotatable bonds is 6. The van der Waals surface area contributed by atoms with Gasteiger partial charge >= 0.3 is 0 Å². The smallest absolute Gasteiger partial charge is 0.268 e. The molecular formula is C23H28N2O3. The van der Waals surface area contributed by atoms with E-state index < -0.39 is 5.54 Å². The van der Waals surface area contributed by atoms with Crippen molar-refractivity contribution in [2.75, 3.05) is 0 Å². The second kappa shape index (κ2) is 9.22. The predicted octanol–water partition coefficient (Wildman–Crippen LogP) is 4.16. The monoisotopic (exact) mass is 380 g/mol. The Morgan fingerprint density at radius 1 is 0.964 bits per heavy atom. The summed E-state index contributed by atoms with van der Waals surface area (Å²) in [7, 11) is 0. The third kappa shape index (κ3) is 6.91. The van der Waals surface area contributed by atoms with Gasteiger partial charge in [-0.05, 0) is 70.5 Å². The van der Waals surface area contributed by atoms with Gasteiger partial charge in [-0.15, -0.1) is 0 Å². The van der Waals surface area contributed by atoms with E-state index in [4.69, 9.17) is 4.74 Å². The highest BCUT2D eigenvalue weighted by Gasteiger charge is 2.19. The van der Waals surface area contributed by atoms with Crippen LogP contribution in [0.25, 0.3) is 6.08 Å². The van der Waals surface area contributed by atoms with Crippen LogP contribution in [0.5, 0.6) is 5.75 Å². The van der Waals surface area contributed by atoms with Crippen LogP contribution >= 0.6 is 0 Å². The number of carbonyl (C=O) groups excluding carboxylic acids is 2. The Kier molecular flexibility index (Phi) is 6.99. The standard InChI is InChI=1S/C23H28N2O3/c1-16(2)28-19-13-11-17(12-14-19)15-20(22(27)25-23(3,4)5)24-21(26)18-9-7-6-8-10-18/h6-16H,1-5H3,(H,24,26)(H,25,27)/b20-15-. The Hall–Kier alpha value is -3.08. The molecule has 0 fully saturated rings. The van der Waals surface area contributed by atoms with Crippen LogP contribution in [0.2, 0.25) is 0 Å². The predicted molar refractivity (Wildman–Crippen MR) is 112 cm³/mol. The molecule has 0 unspecified atom stereocenters. The molecule has 28 heavy (non-hydrogen) atoms. The molecule has 0 bridgehead atoms. The van der Waals surface area contributed by atoms with Gasteiger partial charge in [0.1, 0.15) is 11.4 Å². The van der Waals surface area contributed by atoms with Crippen LogP contribution in [0.4, 0.5) is 0 Å². The van der Waals surface area contributed by atoms with Gasteiger partial charge in [0.2, 0.25) is 0 Å². The molecule has 0 saturated carbocycles. The quantitative estimate of drug-likeness (QED) is 0.740. The van der Waals surface area contributed by atoms with Gasteiger partial charge in [0.25, 0.3) is 11.8 Å². The molecular weight excluding hydrogens is 352 g/mol. The second-order valence-corrected chi connectivity index (χ2v) is 7.82. The highest BCUT2D eigenvalue weighted by Crippen LogP contribution is 2.16. The van der Waals surface area contributed by atoms with Crippen molar-refractivity contribution in [3.63, 3.8) is 0 Å². The molecule has 148 valence electrons. The molecule has 0 heterocycles. The minimum absolute atomic E-state index is 0.0830. The average Bonchev–Trinajstić information content (AvgIpc) is 2.61. The molecule has 0 aliphatic rings. The Labute approximate surface area is 166 Å². The average molecular weight is 380 g/mol. The molecule has 5 nitrogen and oxygen atoms in total. The summed E-state index contributed by atoms with van der Waals surface area (Å²) in [6, 6.07) is 16.2. The van der Waals surface area contributed by atoms with Crippen molar-refractivity contribution in [1.29, 1.82) is 0 Å². The normalized spacial score (nSPS) is 11.9. The number of hydrogen-bond acceptors (Lipinski definition) is 3. The van der Waals surface area contributed by atoms with Crippen molar-refractivity contribution in [2.45, 2.75) is 46.3 Å². The van der Waals surface area contributed by atoms with E-state index >= 15 is 0 Å². The van der Waals surface area contributed by atoms with E-state index in [1.54, 1.807) is 30.3 Å². The Morgan fingerprint density at radius 3 is 2.11 bits per heavy atom. The molecule has 2 N–H and O–H groups in total. The first-order valence-corrected chi connectivity index (χ1v) is 9.31. The van der Waals surface area contributed by atoms with Gasteiger partial charge < -0.3 is 15.4 Å². The summed E-state index contributed by atoms with van der Waals surface area (Å²) < 4.78 is 5.64. The number of hydrogen-bond donors (Lipinski definition) is 2. The Bertz CT molecular complexity index is 832. The highest BCUT2D eigenvalue weighted by atomic mass is 16.5. The lowest BCUT2D eigenvalue weighted by molar-refractivity contribution is -0.119. The van der Waals surface area contributed by atoms with Gasteiger partial charge in [-0.3, -0.25) is 9.59 Å². The van der Waals surface area contributed by atoms with E-state index in [0.717, 1.165) is 11.3 Å². The maximum absolute atomic E-state index is 12.7. The molecule has 0 aliphatic heterocycles. The molecule has 5 heteroatoms. The molecule has 0 spiro atoms. The minimum Gasteiger partial charge on any atom is -0.491 e. The van der Waals surface area contributed by atoms with E-state index in [9.17, 15) is 9.59 Å². The van der Waals surface area contributed by atoms with Gasteiger partial charge in [0.15, 0.2) is 0 Å². The van der Waals surface area contributed by atoms with Crippen molar-refractivity contribution < 1.29 is 14.3 Å². The van der Waals surface area contributed by atoms with Crippen LogP contribution in [0.3, 0.4) is 0 Å². The molecule has 0 aliphatic carbocycles. The van der Waals surface area contributed by atoms with Crippen LogP contribution in [0.1, 0.15) is 50.5 Å². The fraction of sp³-hybridized carbons (Fsp3) is 0.304. The number of nitrogens with one attached hydrogen (secondary N) is 2. The summed E-state index contributed by atoms with van der Waals surface area (Å²) in [4.78, 5) is 25.3. The maximum Gasteiger partial charge on any atom is 0.268 e. The van der Waals surface area contributed by atoms with Crippen LogP contribution < -0.4 is 15.4 Å². The maximum atomic E-state index is 12.7. The van der Waals surface area contributed by atoms with Crippen LogP contribution in [-0.4, -0.2) is 23.5 Å². The fourth-order valence-electron chi connectivity index (χ4n) is 2.43. The van der Waals surface area contributed by atoms with E-state index in [-0.39, 0.29) is 23.6 Å². The van der Waals surface area contributed by atoms with Crippen molar-refractivity contribution >= 4 is 17.9 Å². The first-order valence-electron chi connectivity index (χ1n) is 9.31. The zero-order valence-electron chi connectivity index (χ0n) is 17.1. The van der Waals surface area contributed by atoms with Crippen molar-refractivity contribution in [2.24, 2.45) is 0 Å². The highest BCUT2D eigenvalue weighted by molar-refractivity contribution is 6.05. The molecule has 0 atom stereocenters. The summed E-state index contributed by atoms with van der Waals surface area (Å²) in [5.74, 6) is 0.0659. The van der Waals surface area contributed by atoms with Crippen LogP contribution in [0, 0.1) is 0 Å². The molecule has 2 aromatic rings. The largest absolute Gasteiger partial charge is 0.491 e. The van der Waals surface area contributed by atoms with Crippen molar-refractivity contribution in [3.8, 4) is 5.75 Å². The molecule has 2 aromatic carbocycles. The summed E-state index contributed by atoms with van der Waals surface area (Å²) in [5.41, 5.74) is 1.02. The van der Waals surface area contributed by atoms with Crippen molar-refractivity contribution in [1.82, 2.24) is 10.6 Å². The zero-order chi connectivity index (χ0) is 20.7. The number of benzene rings is 2. The lowest BCUT2D eigenvalue weighted by Gasteiger charge is -2.22. The molecule has 0 radical (unpaired) electrons. The summed E-state index contributed by atoms with van der Waals surface area (Å²) >= 11 is 0. The van der Waals surface area contributed by atoms with E-state index in [0.29, 0.717) is 5.56 Å². The summed E-state index contributed by atoms with van der Waals surface area (Å²) in [5, 5.41) is 5.62. The van der Waals surface area contributed by atoms with Gasteiger partial charge in [0, 0.05) is 11.1 Å². The summed E-state index contributed by atoms with van der Waals surface area (Å²) in [6.45, 7) is 9.59. The zero-order valence-corrected chi connectivity index (χ0v) is 17.1. The van der Waals surface area contributed by atoms with E-state index in [2.05, 4.69) is 10.6 Å². The van der Waals surface area contributed by atoms with Gasteiger partial charge in [-0.2, -0.15) is 0 Å². The first-order chi connectivity index (χ1) is 13.1. The molecule has 2 rings (SSSR count). The lowest BCUT2D eigenvalue weighted by atomic mass is 10.1. The molecule has 2 amide bonds. The van der Waals surface area contributed by atoms with Crippen LogP contribution in [-0.2, 0) is 4.79 Å². The van der Waals surface area contributed by atoms with Gasteiger partial charge in [-0.1, -0.05) is 30.3 Å². The fourth-order valence-corrected chi connectivity index (χ4v) is 2.43. The Balaban J connectivity index is 2.27. The lowest BCUT2D eigenvalue weighted by Crippen LogP contribution is -2.44. The van der Waals surface area contributed by atoms with Crippen LogP contribution in [0.15, 0.2) is 60.3 Å². The second-order valence-electron chi connectivity index (χ2n) is 7.82. The molecule has 0 aromatic heterocycles. The number of carbonyl (C=O) groups is 2. The Morgan fingerprint density at radius 2 is 1.57 bits per heavy atom. The SMILES string of the molecule is CC(C)Oc1ccc(/C=C(\NC(=O)c2ccccc2)C(=O)NC(C)(C)C)cc1. The first kappa shape index (κ1) is 21.2. The van der Waals surface area contributed by atoms with E-state index in [1.165, 1.54) is 0 Å². The van der Waals surface area contributed by atoms with Gasteiger partial charge in [0.05, 0.1) is 6.10 Å². The molecule has 0 saturated heterocycles. The topological polar surface area (TPSA) is 67.4 Å². The summed E-state index contributed by atoms with van der Waals surface area (Å²) in [6.07, 6.45) is 1.74. The minimum atomic E-state index is -0.428.